The lowest BCUT2D eigenvalue weighted by molar-refractivity contribution is 0.0691. The van der Waals surface area contributed by atoms with Crippen LogP contribution in [-0.4, -0.2) is 20.6 Å². The molecule has 0 fully saturated rings. The second kappa shape index (κ2) is 4.16. The van der Waals surface area contributed by atoms with Gasteiger partial charge in [0.1, 0.15) is 0 Å². The van der Waals surface area contributed by atoms with Crippen LogP contribution in [0.4, 0.5) is 0 Å². The van der Waals surface area contributed by atoms with E-state index in [-0.39, 0.29) is 5.69 Å². The van der Waals surface area contributed by atoms with Gasteiger partial charge >= 0.3 is 5.97 Å². The molecule has 0 aliphatic heterocycles. The largest absolute Gasteiger partial charge is 0.476 e. The quantitative estimate of drug-likeness (QED) is 0.943. The summed E-state index contributed by atoms with van der Waals surface area (Å²) in [6.45, 7) is 0.649. The SMILES string of the molecule is O=C(O)c1cn(Cc2cc(Br)cs2)cn1. The first-order chi connectivity index (χ1) is 7.15. The van der Waals surface area contributed by atoms with E-state index in [1.165, 1.54) is 12.5 Å². The molecular formula is C9H7BrN2O2S. The topological polar surface area (TPSA) is 55.1 Å². The number of aromatic nitrogens is 2. The van der Waals surface area contributed by atoms with Crippen LogP contribution in [0.5, 0.6) is 0 Å². The van der Waals surface area contributed by atoms with Crippen molar-refractivity contribution in [1.29, 1.82) is 0 Å². The van der Waals surface area contributed by atoms with Crippen LogP contribution in [0.25, 0.3) is 0 Å². The fraction of sp³-hybridized carbons (Fsp3) is 0.111. The van der Waals surface area contributed by atoms with E-state index in [0.717, 1.165) is 9.35 Å². The second-order valence-corrected chi connectivity index (χ2v) is 4.88. The highest BCUT2D eigenvalue weighted by Crippen LogP contribution is 2.20. The van der Waals surface area contributed by atoms with Gasteiger partial charge in [0.05, 0.1) is 12.9 Å². The molecule has 0 aromatic carbocycles. The number of imidazole rings is 1. The Morgan fingerprint density at radius 2 is 2.47 bits per heavy atom. The predicted molar refractivity (Wildman–Crippen MR) is 60.3 cm³/mol. The first-order valence-corrected chi connectivity index (χ1v) is 5.80. The Kier molecular flexibility index (Phi) is 2.88. The lowest BCUT2D eigenvalue weighted by atomic mass is 10.4. The lowest BCUT2D eigenvalue weighted by Crippen LogP contribution is -1.97. The minimum Gasteiger partial charge on any atom is -0.476 e. The zero-order valence-electron chi connectivity index (χ0n) is 7.55. The molecular weight excluding hydrogens is 280 g/mol. The fourth-order valence-electron chi connectivity index (χ4n) is 1.17. The van der Waals surface area contributed by atoms with E-state index < -0.39 is 5.97 Å². The number of hydrogen-bond acceptors (Lipinski definition) is 3. The summed E-state index contributed by atoms with van der Waals surface area (Å²) in [4.78, 5) is 15.5. The smallest absolute Gasteiger partial charge is 0.356 e. The molecule has 15 heavy (non-hydrogen) atoms. The molecule has 2 aromatic heterocycles. The molecule has 78 valence electrons. The molecule has 0 saturated heterocycles. The molecule has 2 aromatic rings. The van der Waals surface area contributed by atoms with Gasteiger partial charge in [0, 0.05) is 20.9 Å². The first-order valence-electron chi connectivity index (χ1n) is 4.13. The molecule has 0 aliphatic rings. The second-order valence-electron chi connectivity index (χ2n) is 2.97. The van der Waals surface area contributed by atoms with E-state index in [9.17, 15) is 4.79 Å². The summed E-state index contributed by atoms with van der Waals surface area (Å²) >= 11 is 4.98. The molecule has 0 atom stereocenters. The van der Waals surface area contributed by atoms with Gasteiger partial charge in [-0.25, -0.2) is 9.78 Å². The lowest BCUT2D eigenvalue weighted by Gasteiger charge is -1.96. The van der Waals surface area contributed by atoms with Gasteiger partial charge in [0.25, 0.3) is 0 Å². The van der Waals surface area contributed by atoms with Gasteiger partial charge in [0.2, 0.25) is 0 Å². The number of hydrogen-bond donors (Lipinski definition) is 1. The molecule has 0 aliphatic carbocycles. The fourth-order valence-corrected chi connectivity index (χ4v) is 2.63. The van der Waals surface area contributed by atoms with Gasteiger partial charge in [-0.2, -0.15) is 0 Å². The molecule has 1 N–H and O–H groups in total. The molecule has 0 bridgehead atoms. The molecule has 0 spiro atoms. The summed E-state index contributed by atoms with van der Waals surface area (Å²) in [5.41, 5.74) is 0.0746. The molecule has 0 radical (unpaired) electrons. The van der Waals surface area contributed by atoms with Crippen molar-refractivity contribution in [2.24, 2.45) is 0 Å². The standard InChI is InChI=1S/C9H7BrN2O2S/c10-6-1-7(15-4-6)2-12-3-8(9(13)14)11-5-12/h1,3-5H,2H2,(H,13,14). The molecule has 0 amide bonds. The van der Waals surface area contributed by atoms with Crippen molar-refractivity contribution >= 4 is 33.2 Å². The number of thiophene rings is 1. The maximum Gasteiger partial charge on any atom is 0.356 e. The summed E-state index contributed by atoms with van der Waals surface area (Å²) in [5, 5.41) is 10.7. The summed E-state index contributed by atoms with van der Waals surface area (Å²) in [6.07, 6.45) is 3.05. The van der Waals surface area contributed by atoms with E-state index in [0.29, 0.717) is 6.54 Å². The van der Waals surface area contributed by atoms with Gasteiger partial charge in [0.15, 0.2) is 5.69 Å². The molecule has 0 unspecified atom stereocenters. The van der Waals surface area contributed by atoms with E-state index >= 15 is 0 Å². The average molecular weight is 287 g/mol. The van der Waals surface area contributed by atoms with Gasteiger partial charge in [-0.3, -0.25) is 0 Å². The third kappa shape index (κ3) is 2.45. The van der Waals surface area contributed by atoms with Crippen molar-refractivity contribution < 1.29 is 9.90 Å². The van der Waals surface area contributed by atoms with Crippen LogP contribution in [0.1, 0.15) is 15.4 Å². The minimum atomic E-state index is -0.999. The van der Waals surface area contributed by atoms with Crippen molar-refractivity contribution in [1.82, 2.24) is 9.55 Å². The first kappa shape index (κ1) is 10.4. The number of rotatable bonds is 3. The van der Waals surface area contributed by atoms with Gasteiger partial charge in [-0.1, -0.05) is 0 Å². The third-order valence-electron chi connectivity index (χ3n) is 1.81. The molecule has 2 heterocycles. The van der Waals surface area contributed by atoms with Crippen LogP contribution in [0, 0.1) is 0 Å². The summed E-state index contributed by atoms with van der Waals surface area (Å²) in [7, 11) is 0. The summed E-state index contributed by atoms with van der Waals surface area (Å²) in [6, 6.07) is 2.01. The number of carboxylic acids is 1. The Morgan fingerprint density at radius 1 is 1.67 bits per heavy atom. The van der Waals surface area contributed by atoms with E-state index in [2.05, 4.69) is 20.9 Å². The van der Waals surface area contributed by atoms with E-state index in [4.69, 9.17) is 5.11 Å². The summed E-state index contributed by atoms with van der Waals surface area (Å²) < 4.78 is 2.79. The zero-order valence-corrected chi connectivity index (χ0v) is 9.96. The Hall–Kier alpha value is -1.14. The highest BCUT2D eigenvalue weighted by molar-refractivity contribution is 9.10. The third-order valence-corrected chi connectivity index (χ3v) is 3.49. The normalized spacial score (nSPS) is 10.5. The Balaban J connectivity index is 2.14. The van der Waals surface area contributed by atoms with Crippen molar-refractivity contribution in [2.45, 2.75) is 6.54 Å². The Bertz CT molecular complexity index is 492. The van der Waals surface area contributed by atoms with Crippen LogP contribution >= 0.6 is 27.3 Å². The van der Waals surface area contributed by atoms with Crippen molar-refractivity contribution in [2.75, 3.05) is 0 Å². The number of carboxylic acid groups (broad SMARTS) is 1. The summed E-state index contributed by atoms with van der Waals surface area (Å²) in [5.74, 6) is -0.999. The predicted octanol–water partition coefficient (Wildman–Crippen LogP) is 2.45. The monoisotopic (exact) mass is 286 g/mol. The highest BCUT2D eigenvalue weighted by Gasteiger charge is 2.07. The van der Waals surface area contributed by atoms with Crippen molar-refractivity contribution in [3.05, 3.63) is 39.0 Å². The van der Waals surface area contributed by atoms with Gasteiger partial charge in [-0.05, 0) is 22.0 Å². The molecule has 4 nitrogen and oxygen atoms in total. The minimum absolute atomic E-state index is 0.0746. The molecule has 2 rings (SSSR count). The van der Waals surface area contributed by atoms with Gasteiger partial charge in [-0.15, -0.1) is 11.3 Å². The highest BCUT2D eigenvalue weighted by atomic mass is 79.9. The number of carbonyl (C=O) groups is 1. The molecule has 0 saturated carbocycles. The Morgan fingerprint density at radius 3 is 3.00 bits per heavy atom. The number of nitrogens with zero attached hydrogens (tertiary/aromatic N) is 2. The average Bonchev–Trinajstić information content (AvgIpc) is 2.76. The van der Waals surface area contributed by atoms with Crippen molar-refractivity contribution in [3.63, 3.8) is 0 Å². The van der Waals surface area contributed by atoms with Gasteiger partial charge < -0.3 is 9.67 Å². The Labute approximate surface area is 98.3 Å². The molecule has 6 heteroatoms. The van der Waals surface area contributed by atoms with Crippen LogP contribution in [0.3, 0.4) is 0 Å². The van der Waals surface area contributed by atoms with Crippen LogP contribution in [0.15, 0.2) is 28.4 Å². The number of aromatic carboxylic acids is 1. The van der Waals surface area contributed by atoms with E-state index in [1.807, 2.05) is 11.4 Å². The van der Waals surface area contributed by atoms with Crippen LogP contribution in [0.2, 0.25) is 0 Å². The van der Waals surface area contributed by atoms with Crippen LogP contribution < -0.4 is 0 Å². The maximum atomic E-state index is 10.6. The number of halogens is 1. The zero-order chi connectivity index (χ0) is 10.8. The van der Waals surface area contributed by atoms with Crippen LogP contribution in [-0.2, 0) is 6.54 Å². The maximum absolute atomic E-state index is 10.6. The van der Waals surface area contributed by atoms with E-state index in [1.54, 1.807) is 15.9 Å². The van der Waals surface area contributed by atoms with Crippen molar-refractivity contribution in [3.8, 4) is 0 Å².